The maximum Gasteiger partial charge on any atom is 0.0991 e. The molecular weight excluding hydrogens is 258 g/mol. The van der Waals surface area contributed by atoms with Gasteiger partial charge in [-0.2, -0.15) is 5.26 Å². The Morgan fingerprint density at radius 3 is 2.67 bits per heavy atom. The van der Waals surface area contributed by atoms with Gasteiger partial charge in [0.05, 0.1) is 17.3 Å². The summed E-state index contributed by atoms with van der Waals surface area (Å²) in [5.74, 6) is 0.402. The highest BCUT2D eigenvalue weighted by Crippen LogP contribution is 2.30. The van der Waals surface area contributed by atoms with Crippen LogP contribution in [-0.2, 0) is 6.42 Å². The molecule has 1 aromatic carbocycles. The van der Waals surface area contributed by atoms with Crippen LogP contribution in [0.4, 0.5) is 0 Å². The molecule has 0 fully saturated rings. The van der Waals surface area contributed by atoms with Gasteiger partial charge in [0.15, 0.2) is 0 Å². The molecule has 3 nitrogen and oxygen atoms in total. The van der Waals surface area contributed by atoms with E-state index in [4.69, 9.17) is 11.0 Å². The van der Waals surface area contributed by atoms with E-state index in [1.165, 1.54) is 5.56 Å². The summed E-state index contributed by atoms with van der Waals surface area (Å²) in [5.41, 5.74) is 10.7. The number of pyridine rings is 1. The van der Waals surface area contributed by atoms with Gasteiger partial charge in [-0.25, -0.2) is 0 Å². The Hall–Kier alpha value is -2.18. The van der Waals surface area contributed by atoms with Gasteiger partial charge in [0, 0.05) is 11.8 Å². The van der Waals surface area contributed by atoms with Crippen molar-refractivity contribution in [3.05, 3.63) is 53.2 Å². The standard InChI is InChI=1S/C18H21N3/c1-3-13(2)17-10-15(11-20)4-6-16(17)18-7-5-14(8-9-19)12-21-18/h4-7,10,12-13H,3,8-9,19H2,1-2H3. The molecule has 2 aromatic rings. The van der Waals surface area contributed by atoms with Crippen molar-refractivity contribution in [3.8, 4) is 17.3 Å². The van der Waals surface area contributed by atoms with E-state index in [9.17, 15) is 0 Å². The first-order valence-corrected chi connectivity index (χ1v) is 7.39. The number of rotatable bonds is 5. The maximum atomic E-state index is 9.10. The summed E-state index contributed by atoms with van der Waals surface area (Å²) < 4.78 is 0. The van der Waals surface area contributed by atoms with E-state index in [1.54, 1.807) is 0 Å². The van der Waals surface area contributed by atoms with Gasteiger partial charge in [0.1, 0.15) is 0 Å². The summed E-state index contributed by atoms with van der Waals surface area (Å²) in [7, 11) is 0. The molecule has 108 valence electrons. The number of nitriles is 1. The van der Waals surface area contributed by atoms with Gasteiger partial charge < -0.3 is 5.73 Å². The largest absolute Gasteiger partial charge is 0.330 e. The van der Waals surface area contributed by atoms with E-state index < -0.39 is 0 Å². The van der Waals surface area contributed by atoms with Gasteiger partial charge in [-0.15, -0.1) is 0 Å². The Morgan fingerprint density at radius 2 is 2.10 bits per heavy atom. The van der Waals surface area contributed by atoms with Crippen LogP contribution in [-0.4, -0.2) is 11.5 Å². The van der Waals surface area contributed by atoms with Crippen LogP contribution in [0, 0.1) is 11.3 Å². The zero-order valence-corrected chi connectivity index (χ0v) is 12.6. The van der Waals surface area contributed by atoms with Gasteiger partial charge >= 0.3 is 0 Å². The molecule has 0 spiro atoms. The molecule has 0 saturated carbocycles. The molecule has 0 radical (unpaired) electrons. The minimum atomic E-state index is 0.402. The van der Waals surface area contributed by atoms with Crippen LogP contribution >= 0.6 is 0 Å². The third kappa shape index (κ3) is 3.48. The lowest BCUT2D eigenvalue weighted by atomic mass is 9.90. The van der Waals surface area contributed by atoms with Gasteiger partial charge in [-0.1, -0.05) is 26.0 Å². The second-order valence-corrected chi connectivity index (χ2v) is 5.31. The molecule has 0 saturated heterocycles. The monoisotopic (exact) mass is 279 g/mol. The van der Waals surface area contributed by atoms with Gasteiger partial charge in [-0.3, -0.25) is 4.98 Å². The van der Waals surface area contributed by atoms with Gasteiger partial charge in [0.25, 0.3) is 0 Å². The highest BCUT2D eigenvalue weighted by molar-refractivity contribution is 5.66. The molecule has 0 aliphatic carbocycles. The SMILES string of the molecule is CCC(C)c1cc(C#N)ccc1-c1ccc(CCN)cn1. The van der Waals surface area contributed by atoms with E-state index in [0.29, 0.717) is 18.0 Å². The number of hydrogen-bond donors (Lipinski definition) is 1. The highest BCUT2D eigenvalue weighted by atomic mass is 14.7. The third-order valence-electron chi connectivity index (χ3n) is 3.86. The molecular formula is C18H21N3. The molecule has 0 aliphatic rings. The lowest BCUT2D eigenvalue weighted by molar-refractivity contribution is 0.734. The summed E-state index contributed by atoms with van der Waals surface area (Å²) >= 11 is 0. The van der Waals surface area contributed by atoms with Crippen molar-refractivity contribution in [1.82, 2.24) is 4.98 Å². The fourth-order valence-corrected chi connectivity index (χ4v) is 2.39. The number of benzene rings is 1. The van der Waals surface area contributed by atoms with Crippen LogP contribution in [0.25, 0.3) is 11.3 Å². The zero-order chi connectivity index (χ0) is 15.2. The minimum Gasteiger partial charge on any atom is -0.330 e. The smallest absolute Gasteiger partial charge is 0.0991 e. The van der Waals surface area contributed by atoms with Crippen LogP contribution in [0.2, 0.25) is 0 Å². The first-order chi connectivity index (χ1) is 10.2. The summed E-state index contributed by atoms with van der Waals surface area (Å²) in [4.78, 5) is 4.56. The van der Waals surface area contributed by atoms with Crippen LogP contribution < -0.4 is 5.73 Å². The lowest BCUT2D eigenvalue weighted by Crippen LogP contribution is -2.03. The maximum absolute atomic E-state index is 9.10. The fourth-order valence-electron chi connectivity index (χ4n) is 2.39. The molecule has 1 atom stereocenters. The van der Waals surface area contributed by atoms with E-state index in [0.717, 1.165) is 29.7 Å². The Labute approximate surface area is 126 Å². The average molecular weight is 279 g/mol. The fraction of sp³-hybridized carbons (Fsp3) is 0.333. The molecule has 1 aromatic heterocycles. The quantitative estimate of drug-likeness (QED) is 0.909. The Morgan fingerprint density at radius 1 is 1.29 bits per heavy atom. The van der Waals surface area contributed by atoms with Crippen molar-refractivity contribution in [1.29, 1.82) is 5.26 Å². The number of aromatic nitrogens is 1. The van der Waals surface area contributed by atoms with Crippen molar-refractivity contribution in [2.75, 3.05) is 6.54 Å². The predicted octanol–water partition coefficient (Wildman–Crippen LogP) is 3.63. The van der Waals surface area contributed by atoms with Crippen molar-refractivity contribution in [2.45, 2.75) is 32.6 Å². The van der Waals surface area contributed by atoms with Gasteiger partial charge in [0.2, 0.25) is 0 Å². The van der Waals surface area contributed by atoms with E-state index in [-0.39, 0.29) is 0 Å². The molecule has 2 N–H and O–H groups in total. The van der Waals surface area contributed by atoms with E-state index in [2.05, 4.69) is 31.0 Å². The third-order valence-corrected chi connectivity index (χ3v) is 3.86. The Bertz CT molecular complexity index is 639. The molecule has 0 amide bonds. The molecule has 21 heavy (non-hydrogen) atoms. The van der Waals surface area contributed by atoms with E-state index >= 15 is 0 Å². The average Bonchev–Trinajstić information content (AvgIpc) is 2.54. The number of nitrogens with two attached hydrogens (primary N) is 1. The Balaban J connectivity index is 2.45. The van der Waals surface area contributed by atoms with Crippen molar-refractivity contribution < 1.29 is 0 Å². The van der Waals surface area contributed by atoms with Crippen LogP contribution in [0.1, 0.15) is 42.9 Å². The van der Waals surface area contributed by atoms with Crippen LogP contribution in [0.5, 0.6) is 0 Å². The minimum absolute atomic E-state index is 0.402. The van der Waals surface area contributed by atoms with Crippen LogP contribution in [0.15, 0.2) is 36.5 Å². The molecule has 0 aliphatic heterocycles. The van der Waals surface area contributed by atoms with Gasteiger partial charge in [-0.05, 0) is 54.6 Å². The molecule has 1 heterocycles. The zero-order valence-electron chi connectivity index (χ0n) is 12.6. The topological polar surface area (TPSA) is 62.7 Å². The molecule has 0 bridgehead atoms. The normalized spacial score (nSPS) is 11.9. The first kappa shape index (κ1) is 15.2. The van der Waals surface area contributed by atoms with E-state index in [1.807, 2.05) is 30.5 Å². The van der Waals surface area contributed by atoms with Crippen molar-refractivity contribution in [3.63, 3.8) is 0 Å². The second kappa shape index (κ2) is 7.01. The summed E-state index contributed by atoms with van der Waals surface area (Å²) in [5, 5.41) is 9.10. The van der Waals surface area contributed by atoms with Crippen molar-refractivity contribution in [2.24, 2.45) is 5.73 Å². The summed E-state index contributed by atoms with van der Waals surface area (Å²) in [6, 6.07) is 12.2. The molecule has 2 rings (SSSR count). The number of hydrogen-bond acceptors (Lipinski definition) is 3. The highest BCUT2D eigenvalue weighted by Gasteiger charge is 2.12. The molecule has 3 heteroatoms. The Kier molecular flexibility index (Phi) is 5.08. The number of nitrogens with zero attached hydrogens (tertiary/aromatic N) is 2. The van der Waals surface area contributed by atoms with Crippen LogP contribution in [0.3, 0.4) is 0 Å². The second-order valence-electron chi connectivity index (χ2n) is 5.31. The summed E-state index contributed by atoms with van der Waals surface area (Å²) in [6.07, 6.45) is 3.77. The first-order valence-electron chi connectivity index (χ1n) is 7.39. The summed E-state index contributed by atoms with van der Waals surface area (Å²) in [6.45, 7) is 4.98. The predicted molar refractivity (Wildman–Crippen MR) is 85.9 cm³/mol. The van der Waals surface area contributed by atoms with Crippen molar-refractivity contribution >= 4 is 0 Å². The molecule has 1 unspecified atom stereocenters. The lowest BCUT2D eigenvalue weighted by Gasteiger charge is -2.15.